The zero-order chi connectivity index (χ0) is 11.3. The van der Waals surface area contributed by atoms with Crippen molar-refractivity contribution in [1.82, 2.24) is 4.90 Å². The monoisotopic (exact) mass is 215 g/mol. The fourth-order valence-corrected chi connectivity index (χ4v) is 1.64. The molecule has 2 unspecified atom stereocenters. The Morgan fingerprint density at radius 1 is 1.67 bits per heavy atom. The molecule has 1 fully saturated rings. The summed E-state index contributed by atoms with van der Waals surface area (Å²) in [7, 11) is 0. The molecule has 88 valence electrons. The smallest absolute Gasteiger partial charge is 0.149 e. The molecule has 0 radical (unpaired) electrons. The Labute approximate surface area is 91.2 Å². The second-order valence-corrected chi connectivity index (χ2v) is 4.19. The van der Waals surface area contributed by atoms with Gasteiger partial charge in [0.25, 0.3) is 0 Å². The van der Waals surface area contributed by atoms with E-state index in [1.165, 1.54) is 0 Å². The Bertz CT molecular complexity index is 208. The highest BCUT2D eigenvalue weighted by Crippen LogP contribution is 2.08. The van der Waals surface area contributed by atoms with Crippen LogP contribution < -0.4 is 0 Å². The predicted molar refractivity (Wildman–Crippen MR) is 57.7 cm³/mol. The van der Waals surface area contributed by atoms with Crippen molar-refractivity contribution in [3.05, 3.63) is 0 Å². The number of carbonyl (C=O) groups excluding carboxylic acids is 1. The van der Waals surface area contributed by atoms with Crippen molar-refractivity contribution in [2.45, 2.75) is 26.4 Å². The first-order valence-electron chi connectivity index (χ1n) is 5.64. The molecular weight excluding hydrogens is 194 g/mol. The fraction of sp³-hybridized carbons (Fsp3) is 0.909. The van der Waals surface area contributed by atoms with E-state index in [9.17, 15) is 4.79 Å². The van der Waals surface area contributed by atoms with E-state index in [1.54, 1.807) is 0 Å². The van der Waals surface area contributed by atoms with E-state index in [0.29, 0.717) is 19.7 Å². The maximum atomic E-state index is 11.7. The van der Waals surface area contributed by atoms with Crippen LogP contribution in [-0.2, 0) is 9.53 Å². The number of hydrogen-bond donors (Lipinski definition) is 1. The lowest BCUT2D eigenvalue weighted by molar-refractivity contribution is -0.126. The van der Waals surface area contributed by atoms with E-state index >= 15 is 0 Å². The van der Waals surface area contributed by atoms with Crippen LogP contribution in [0.2, 0.25) is 0 Å². The minimum absolute atomic E-state index is 0.0357. The molecular formula is C11H21NO3. The Hall–Kier alpha value is -0.450. The molecule has 1 aliphatic rings. The van der Waals surface area contributed by atoms with Gasteiger partial charge in [0.2, 0.25) is 0 Å². The van der Waals surface area contributed by atoms with Gasteiger partial charge in [0, 0.05) is 19.0 Å². The van der Waals surface area contributed by atoms with Gasteiger partial charge in [0.05, 0.1) is 25.9 Å². The van der Waals surface area contributed by atoms with Crippen LogP contribution >= 0.6 is 0 Å². The Morgan fingerprint density at radius 3 is 3.00 bits per heavy atom. The number of rotatable bonds is 5. The number of ketones is 1. The second kappa shape index (κ2) is 6.20. The third-order valence-corrected chi connectivity index (χ3v) is 2.97. The van der Waals surface area contributed by atoms with Crippen LogP contribution in [0.1, 0.15) is 20.3 Å². The van der Waals surface area contributed by atoms with Crippen molar-refractivity contribution < 1.29 is 14.6 Å². The second-order valence-electron chi connectivity index (χ2n) is 4.19. The molecule has 1 N–H and O–H groups in total. The summed E-state index contributed by atoms with van der Waals surface area (Å²) >= 11 is 0. The molecule has 1 heterocycles. The van der Waals surface area contributed by atoms with Gasteiger partial charge in [-0.05, 0) is 6.42 Å². The van der Waals surface area contributed by atoms with Gasteiger partial charge in [-0.25, -0.2) is 0 Å². The molecule has 1 saturated heterocycles. The summed E-state index contributed by atoms with van der Waals surface area (Å²) in [5.74, 6) is 0.427. The van der Waals surface area contributed by atoms with Crippen LogP contribution in [0, 0.1) is 5.92 Å². The van der Waals surface area contributed by atoms with Crippen molar-refractivity contribution in [3.63, 3.8) is 0 Å². The lowest BCUT2D eigenvalue weighted by Gasteiger charge is -2.31. The van der Waals surface area contributed by atoms with Gasteiger partial charge in [0.1, 0.15) is 5.78 Å². The summed E-state index contributed by atoms with van der Waals surface area (Å²) in [6, 6.07) is 0. The first-order chi connectivity index (χ1) is 7.17. The highest BCUT2D eigenvalue weighted by Gasteiger charge is 2.22. The molecule has 0 amide bonds. The van der Waals surface area contributed by atoms with E-state index in [4.69, 9.17) is 9.84 Å². The lowest BCUT2D eigenvalue weighted by atomic mass is 10.0. The minimum Gasteiger partial charge on any atom is -0.394 e. The largest absolute Gasteiger partial charge is 0.394 e. The van der Waals surface area contributed by atoms with Gasteiger partial charge in [-0.1, -0.05) is 13.8 Å². The van der Waals surface area contributed by atoms with Gasteiger partial charge in [-0.3, -0.25) is 9.69 Å². The van der Waals surface area contributed by atoms with E-state index in [1.807, 2.05) is 13.8 Å². The van der Waals surface area contributed by atoms with Crippen LogP contribution in [0.3, 0.4) is 0 Å². The number of hydrogen-bond acceptors (Lipinski definition) is 4. The molecule has 0 aromatic rings. The van der Waals surface area contributed by atoms with E-state index in [2.05, 4.69) is 4.90 Å². The zero-order valence-electron chi connectivity index (χ0n) is 9.61. The molecule has 0 saturated carbocycles. The van der Waals surface area contributed by atoms with Gasteiger partial charge in [-0.2, -0.15) is 0 Å². The van der Waals surface area contributed by atoms with E-state index in [-0.39, 0.29) is 24.4 Å². The number of nitrogens with zero attached hydrogens (tertiary/aromatic N) is 1. The topological polar surface area (TPSA) is 49.8 Å². The van der Waals surface area contributed by atoms with Crippen molar-refractivity contribution in [2.75, 3.05) is 32.8 Å². The van der Waals surface area contributed by atoms with Gasteiger partial charge in [-0.15, -0.1) is 0 Å². The minimum atomic E-state index is -0.122. The summed E-state index contributed by atoms with van der Waals surface area (Å²) in [5.41, 5.74) is 0. The van der Waals surface area contributed by atoms with Crippen molar-refractivity contribution in [1.29, 1.82) is 0 Å². The maximum absolute atomic E-state index is 11.7. The molecule has 4 nitrogen and oxygen atoms in total. The third kappa shape index (κ3) is 3.89. The summed E-state index contributed by atoms with van der Waals surface area (Å²) in [5, 5.41) is 8.96. The average molecular weight is 215 g/mol. The normalized spacial score (nSPS) is 25.1. The SMILES string of the molecule is CCC(C)C(=O)CN1CCOC(CO)C1. The van der Waals surface area contributed by atoms with Crippen LogP contribution in [0.25, 0.3) is 0 Å². The molecule has 1 aliphatic heterocycles. The third-order valence-electron chi connectivity index (χ3n) is 2.97. The average Bonchev–Trinajstić information content (AvgIpc) is 2.28. The van der Waals surface area contributed by atoms with Crippen LogP contribution in [-0.4, -0.2) is 54.7 Å². The van der Waals surface area contributed by atoms with Gasteiger partial charge >= 0.3 is 0 Å². The first-order valence-corrected chi connectivity index (χ1v) is 5.64. The molecule has 1 rings (SSSR count). The highest BCUT2D eigenvalue weighted by atomic mass is 16.5. The van der Waals surface area contributed by atoms with Crippen molar-refractivity contribution in [2.24, 2.45) is 5.92 Å². The number of morpholine rings is 1. The number of ether oxygens (including phenoxy) is 1. The number of carbonyl (C=O) groups is 1. The predicted octanol–water partition coefficient (Wildman–Crippen LogP) is 0.295. The number of aliphatic hydroxyl groups excluding tert-OH is 1. The molecule has 0 aromatic heterocycles. The number of Topliss-reactive ketones (excluding diaryl/α,β-unsaturated/α-hetero) is 1. The Balaban J connectivity index is 2.34. The van der Waals surface area contributed by atoms with Crippen molar-refractivity contribution >= 4 is 5.78 Å². The quantitative estimate of drug-likeness (QED) is 0.716. The standard InChI is InChI=1S/C11H21NO3/c1-3-9(2)11(14)7-12-4-5-15-10(6-12)8-13/h9-10,13H,3-8H2,1-2H3. The molecule has 0 spiro atoms. The first kappa shape index (κ1) is 12.6. The molecule has 0 bridgehead atoms. The zero-order valence-corrected chi connectivity index (χ0v) is 9.61. The van der Waals surface area contributed by atoms with Gasteiger partial charge in [0.15, 0.2) is 0 Å². The van der Waals surface area contributed by atoms with E-state index in [0.717, 1.165) is 13.0 Å². The highest BCUT2D eigenvalue weighted by molar-refractivity contribution is 5.82. The van der Waals surface area contributed by atoms with Crippen LogP contribution in [0.4, 0.5) is 0 Å². The summed E-state index contributed by atoms with van der Waals surface area (Å²) in [4.78, 5) is 13.8. The maximum Gasteiger partial charge on any atom is 0.149 e. The molecule has 2 atom stereocenters. The lowest BCUT2D eigenvalue weighted by Crippen LogP contribution is -2.46. The van der Waals surface area contributed by atoms with Crippen LogP contribution in [0.15, 0.2) is 0 Å². The van der Waals surface area contributed by atoms with Gasteiger partial charge < -0.3 is 9.84 Å². The number of aliphatic hydroxyl groups is 1. The van der Waals surface area contributed by atoms with Crippen molar-refractivity contribution in [3.8, 4) is 0 Å². The summed E-state index contributed by atoms with van der Waals surface area (Å²) in [6.07, 6.45) is 0.774. The summed E-state index contributed by atoms with van der Waals surface area (Å²) in [6.45, 7) is 6.59. The Morgan fingerprint density at radius 2 is 2.40 bits per heavy atom. The Kier molecular flexibility index (Phi) is 5.22. The molecule has 4 heteroatoms. The molecule has 15 heavy (non-hydrogen) atoms. The summed E-state index contributed by atoms with van der Waals surface area (Å²) < 4.78 is 5.32. The molecule has 0 aliphatic carbocycles. The van der Waals surface area contributed by atoms with Crippen LogP contribution in [0.5, 0.6) is 0 Å². The fourth-order valence-electron chi connectivity index (χ4n) is 1.64. The molecule has 0 aromatic carbocycles. The van der Waals surface area contributed by atoms with E-state index < -0.39 is 0 Å².